The molecule has 0 unspecified atom stereocenters. The number of anilines is 3. The lowest BCUT2D eigenvalue weighted by atomic mass is 10.3. The van der Waals surface area contributed by atoms with E-state index in [9.17, 15) is 13.2 Å². The summed E-state index contributed by atoms with van der Waals surface area (Å²) in [6, 6.07) is 4.69. The third-order valence-corrected chi connectivity index (χ3v) is 7.55. The van der Waals surface area contributed by atoms with Gasteiger partial charge in [0.2, 0.25) is 5.91 Å². The average Bonchev–Trinajstić information content (AvgIpc) is 3.27. The van der Waals surface area contributed by atoms with Crippen LogP contribution in [0.1, 0.15) is 19.5 Å². The minimum absolute atomic E-state index is 0.0153. The predicted molar refractivity (Wildman–Crippen MR) is 116 cm³/mol. The highest BCUT2D eigenvalue weighted by molar-refractivity contribution is 7.91. The number of rotatable bonds is 7. The molecule has 0 fully saturated rings. The maximum absolute atomic E-state index is 12.2. The van der Waals surface area contributed by atoms with E-state index < -0.39 is 9.84 Å². The van der Waals surface area contributed by atoms with Crippen molar-refractivity contribution < 1.29 is 17.9 Å². The molecule has 0 saturated heterocycles. The van der Waals surface area contributed by atoms with Crippen LogP contribution >= 0.6 is 22.7 Å². The first-order valence-corrected chi connectivity index (χ1v) is 12.0. The number of methoxy groups -OCH3 is 1. The number of hydrogen-bond acceptors (Lipinski definition) is 9. The molecule has 2 heterocycles. The number of carbonyl (C=O) groups is 1. The van der Waals surface area contributed by atoms with Gasteiger partial charge in [0, 0.05) is 12.3 Å². The Kier molecular flexibility index (Phi) is 6.20. The van der Waals surface area contributed by atoms with Crippen LogP contribution in [-0.2, 0) is 14.6 Å². The van der Waals surface area contributed by atoms with Crippen molar-refractivity contribution in [2.45, 2.75) is 25.7 Å². The molecule has 0 spiro atoms. The first-order chi connectivity index (χ1) is 13.7. The molecule has 2 aromatic heterocycles. The van der Waals surface area contributed by atoms with E-state index in [-0.39, 0.29) is 16.6 Å². The molecule has 3 aromatic rings. The van der Waals surface area contributed by atoms with Crippen LogP contribution in [0.3, 0.4) is 0 Å². The Hall–Kier alpha value is -2.50. The average molecular weight is 453 g/mol. The number of hydrogen-bond donors (Lipinski definition) is 2. The highest BCUT2D eigenvalue weighted by atomic mass is 32.2. The summed E-state index contributed by atoms with van der Waals surface area (Å²) in [5, 5.41) is 8.80. The van der Waals surface area contributed by atoms with Gasteiger partial charge in [-0.15, -0.1) is 11.3 Å². The Morgan fingerprint density at radius 1 is 1.24 bits per heavy atom. The number of nitrogens with zero attached hydrogens (tertiary/aromatic N) is 2. The number of thiazole rings is 2. The molecule has 0 aliphatic heterocycles. The van der Waals surface area contributed by atoms with Crippen molar-refractivity contribution in [3.8, 4) is 16.3 Å². The SMILES string of the molecule is CCS(=O)(=O)c1ccc(OC)c(Nc2nc(-c3sc(NC(C)=O)nc3C)cs2)c1. The molecule has 0 bridgehead atoms. The van der Waals surface area contributed by atoms with Gasteiger partial charge in [-0.3, -0.25) is 4.79 Å². The maximum Gasteiger partial charge on any atom is 0.223 e. The van der Waals surface area contributed by atoms with Crippen LogP contribution in [0.2, 0.25) is 0 Å². The van der Waals surface area contributed by atoms with Gasteiger partial charge in [-0.05, 0) is 25.1 Å². The van der Waals surface area contributed by atoms with E-state index in [2.05, 4.69) is 20.6 Å². The lowest BCUT2D eigenvalue weighted by Gasteiger charge is -2.11. The van der Waals surface area contributed by atoms with Crippen molar-refractivity contribution in [3.05, 3.63) is 29.3 Å². The molecule has 0 atom stereocenters. The Morgan fingerprint density at radius 3 is 2.66 bits per heavy atom. The summed E-state index contributed by atoms with van der Waals surface area (Å²) in [6.07, 6.45) is 0. The van der Waals surface area contributed by atoms with E-state index >= 15 is 0 Å². The van der Waals surface area contributed by atoms with Crippen LogP contribution in [0.25, 0.3) is 10.6 Å². The van der Waals surface area contributed by atoms with E-state index in [4.69, 9.17) is 4.74 Å². The summed E-state index contributed by atoms with van der Waals surface area (Å²) >= 11 is 2.72. The summed E-state index contributed by atoms with van der Waals surface area (Å²) in [4.78, 5) is 21.2. The Bertz CT molecular complexity index is 1150. The Morgan fingerprint density at radius 2 is 2.00 bits per heavy atom. The van der Waals surface area contributed by atoms with Crippen LogP contribution in [0.15, 0.2) is 28.5 Å². The first kappa shape index (κ1) is 21.2. The number of carbonyl (C=O) groups excluding carboxylic acids is 1. The fourth-order valence-corrected chi connectivity index (χ4v) is 5.20. The maximum atomic E-state index is 12.2. The molecule has 8 nitrogen and oxygen atoms in total. The third-order valence-electron chi connectivity index (χ3n) is 3.97. The van der Waals surface area contributed by atoms with Crippen molar-refractivity contribution in [2.75, 3.05) is 23.5 Å². The normalized spacial score (nSPS) is 11.3. The van der Waals surface area contributed by atoms with Crippen molar-refractivity contribution in [1.82, 2.24) is 9.97 Å². The van der Waals surface area contributed by atoms with Crippen LogP contribution < -0.4 is 15.4 Å². The fourth-order valence-electron chi connectivity index (χ4n) is 2.53. The van der Waals surface area contributed by atoms with Crippen LogP contribution in [0.5, 0.6) is 5.75 Å². The van der Waals surface area contributed by atoms with Gasteiger partial charge < -0.3 is 15.4 Å². The molecule has 0 saturated carbocycles. The van der Waals surface area contributed by atoms with Crippen molar-refractivity contribution in [1.29, 1.82) is 0 Å². The Labute approximate surface area is 176 Å². The minimum atomic E-state index is -3.34. The predicted octanol–water partition coefficient (Wildman–Crippen LogP) is 4.08. The van der Waals surface area contributed by atoms with E-state index in [1.165, 1.54) is 42.8 Å². The van der Waals surface area contributed by atoms with Gasteiger partial charge in [-0.2, -0.15) is 0 Å². The molecule has 2 N–H and O–H groups in total. The van der Waals surface area contributed by atoms with Crippen molar-refractivity contribution >= 4 is 54.4 Å². The highest BCUT2D eigenvalue weighted by Crippen LogP contribution is 2.37. The number of sulfone groups is 1. The standard InChI is InChI=1S/C18H20N4O4S3/c1-5-29(24,25)12-6-7-15(26-4)13(8-12)21-17-22-14(9-27-17)16-10(2)19-18(28-16)20-11(3)23/h6-9H,5H2,1-4H3,(H,21,22)(H,19,20,23). The van der Waals surface area contributed by atoms with Gasteiger partial charge in [0.15, 0.2) is 20.1 Å². The van der Waals surface area contributed by atoms with Gasteiger partial charge in [-0.1, -0.05) is 18.3 Å². The highest BCUT2D eigenvalue weighted by Gasteiger charge is 2.17. The molecule has 0 aliphatic carbocycles. The number of ether oxygens (including phenoxy) is 1. The van der Waals surface area contributed by atoms with E-state index in [0.717, 1.165) is 16.3 Å². The molecule has 3 rings (SSSR count). The number of nitrogens with one attached hydrogen (secondary N) is 2. The number of aromatic nitrogens is 2. The van der Waals surface area contributed by atoms with Gasteiger partial charge in [0.1, 0.15) is 5.75 Å². The van der Waals surface area contributed by atoms with Crippen LogP contribution in [0, 0.1) is 6.92 Å². The smallest absolute Gasteiger partial charge is 0.223 e. The van der Waals surface area contributed by atoms with E-state index in [1.807, 2.05) is 12.3 Å². The Balaban J connectivity index is 1.90. The molecule has 11 heteroatoms. The topological polar surface area (TPSA) is 110 Å². The fraction of sp³-hybridized carbons (Fsp3) is 0.278. The van der Waals surface area contributed by atoms with Crippen molar-refractivity contribution in [2.24, 2.45) is 0 Å². The lowest BCUT2D eigenvalue weighted by Crippen LogP contribution is -2.05. The molecular formula is C18H20N4O4S3. The summed E-state index contributed by atoms with van der Waals surface area (Å²) < 4.78 is 29.7. The zero-order valence-electron chi connectivity index (χ0n) is 16.3. The second kappa shape index (κ2) is 8.47. The molecule has 1 amide bonds. The summed E-state index contributed by atoms with van der Waals surface area (Å²) in [5.41, 5.74) is 2.01. The molecule has 0 aliphatic rings. The largest absolute Gasteiger partial charge is 0.495 e. The van der Waals surface area contributed by atoms with Crippen LogP contribution in [-0.4, -0.2) is 37.2 Å². The van der Waals surface area contributed by atoms with Gasteiger partial charge >= 0.3 is 0 Å². The second-order valence-corrected chi connectivity index (χ2v) is 10.2. The van der Waals surface area contributed by atoms with Crippen molar-refractivity contribution in [3.63, 3.8) is 0 Å². The lowest BCUT2D eigenvalue weighted by molar-refractivity contribution is -0.114. The number of benzene rings is 1. The molecular weight excluding hydrogens is 432 g/mol. The summed E-state index contributed by atoms with van der Waals surface area (Å²) in [6.45, 7) is 4.89. The molecule has 154 valence electrons. The molecule has 1 aromatic carbocycles. The monoisotopic (exact) mass is 452 g/mol. The van der Waals surface area contributed by atoms with E-state index in [0.29, 0.717) is 21.7 Å². The second-order valence-electron chi connectivity index (χ2n) is 6.04. The van der Waals surface area contributed by atoms with Crippen LogP contribution in [0.4, 0.5) is 16.0 Å². The summed E-state index contributed by atoms with van der Waals surface area (Å²) in [5.74, 6) is 0.347. The number of amides is 1. The third kappa shape index (κ3) is 4.74. The zero-order chi connectivity index (χ0) is 21.2. The van der Waals surface area contributed by atoms with Gasteiger partial charge in [0.05, 0.1) is 39.7 Å². The van der Waals surface area contributed by atoms with Gasteiger partial charge in [-0.25, -0.2) is 18.4 Å². The summed E-state index contributed by atoms with van der Waals surface area (Å²) in [7, 11) is -1.82. The van der Waals surface area contributed by atoms with E-state index in [1.54, 1.807) is 19.1 Å². The minimum Gasteiger partial charge on any atom is -0.495 e. The molecule has 29 heavy (non-hydrogen) atoms. The number of aryl methyl sites for hydroxylation is 1. The molecule has 0 radical (unpaired) electrons. The van der Waals surface area contributed by atoms with Gasteiger partial charge in [0.25, 0.3) is 0 Å². The first-order valence-electron chi connectivity index (χ1n) is 8.62. The quantitative estimate of drug-likeness (QED) is 0.556. The zero-order valence-corrected chi connectivity index (χ0v) is 18.7.